The minimum Gasteiger partial charge on any atom is -0.369 e. The molecule has 0 radical (unpaired) electrons. The van der Waals surface area contributed by atoms with E-state index in [1.165, 1.54) is 12.1 Å². The molecule has 0 atom stereocenters. The summed E-state index contributed by atoms with van der Waals surface area (Å²) < 4.78 is 1.87. The van der Waals surface area contributed by atoms with E-state index in [2.05, 4.69) is 53.1 Å². The van der Waals surface area contributed by atoms with Crippen LogP contribution in [0.4, 0.5) is 5.69 Å². The summed E-state index contributed by atoms with van der Waals surface area (Å²) in [5.41, 5.74) is 1.19. The molecule has 3 nitrogen and oxygen atoms in total. The summed E-state index contributed by atoms with van der Waals surface area (Å²) in [6.07, 6.45) is 3.11. The lowest BCUT2D eigenvalue weighted by Gasteiger charge is -2.22. The van der Waals surface area contributed by atoms with Crippen molar-refractivity contribution >= 4 is 37.5 Å². The number of rotatable bonds is 1. The normalized spacial score (nSPS) is 17.6. The molecule has 0 saturated carbocycles. The summed E-state index contributed by atoms with van der Waals surface area (Å²) in [7, 11) is 0. The highest BCUT2D eigenvalue weighted by Crippen LogP contribution is 2.25. The first-order valence-corrected chi connectivity index (χ1v) is 6.62. The van der Waals surface area contributed by atoms with Gasteiger partial charge in [0.15, 0.2) is 0 Å². The largest absolute Gasteiger partial charge is 0.369 e. The molecule has 82 valence electrons. The Morgan fingerprint density at radius 1 is 1.27 bits per heavy atom. The summed E-state index contributed by atoms with van der Waals surface area (Å²) in [5, 5.41) is 3.39. The van der Waals surface area contributed by atoms with Crippen molar-refractivity contribution in [3.8, 4) is 0 Å². The van der Waals surface area contributed by atoms with Crippen LogP contribution in [0.1, 0.15) is 6.42 Å². The van der Waals surface area contributed by atoms with Gasteiger partial charge in [-0.1, -0.05) is 0 Å². The molecule has 0 amide bonds. The predicted molar refractivity (Wildman–Crippen MR) is 69.3 cm³/mol. The Hall–Kier alpha value is -0.130. The lowest BCUT2D eigenvalue weighted by Crippen LogP contribution is -2.27. The quantitative estimate of drug-likeness (QED) is 0.799. The number of halogens is 2. The minimum absolute atomic E-state index is 0.860. The first-order chi connectivity index (χ1) is 7.27. The average Bonchev–Trinajstić information content (AvgIpc) is 2.50. The zero-order chi connectivity index (χ0) is 10.7. The number of aromatic nitrogens is 1. The maximum atomic E-state index is 4.29. The Labute approximate surface area is 107 Å². The van der Waals surface area contributed by atoms with Crippen molar-refractivity contribution < 1.29 is 0 Å². The molecule has 0 bridgehead atoms. The van der Waals surface area contributed by atoms with Crippen LogP contribution < -0.4 is 10.2 Å². The first kappa shape index (κ1) is 11.4. The highest BCUT2D eigenvalue weighted by molar-refractivity contribution is 9.13. The molecule has 0 spiro atoms. The van der Waals surface area contributed by atoms with Gasteiger partial charge in [-0.3, -0.25) is 0 Å². The van der Waals surface area contributed by atoms with Crippen LogP contribution >= 0.6 is 31.9 Å². The lowest BCUT2D eigenvalue weighted by molar-refractivity contribution is 0.724. The second kappa shape index (κ2) is 5.27. The molecule has 2 rings (SSSR count). The summed E-state index contributed by atoms with van der Waals surface area (Å²) in [5.74, 6) is 0. The maximum absolute atomic E-state index is 4.29. The molecular weight excluding hydrogens is 322 g/mol. The smallest absolute Gasteiger partial charge is 0.120 e. The Kier molecular flexibility index (Phi) is 3.99. The van der Waals surface area contributed by atoms with Crippen LogP contribution in [0.2, 0.25) is 0 Å². The fourth-order valence-corrected chi connectivity index (χ4v) is 2.24. The molecule has 5 heteroatoms. The highest BCUT2D eigenvalue weighted by atomic mass is 79.9. The Balaban J connectivity index is 2.16. The third-order valence-corrected chi connectivity index (χ3v) is 4.26. The van der Waals surface area contributed by atoms with Crippen molar-refractivity contribution in [2.45, 2.75) is 6.42 Å². The molecule has 1 aromatic heterocycles. The minimum atomic E-state index is 0.860. The third kappa shape index (κ3) is 2.92. The maximum Gasteiger partial charge on any atom is 0.120 e. The summed E-state index contributed by atoms with van der Waals surface area (Å²) in [6, 6.07) is 2.11. The van der Waals surface area contributed by atoms with Crippen LogP contribution in [0, 0.1) is 0 Å². The van der Waals surface area contributed by atoms with Gasteiger partial charge in [0, 0.05) is 19.6 Å². The second-order valence-corrected chi connectivity index (χ2v) is 5.16. The molecule has 1 aliphatic rings. The SMILES string of the molecule is Brc1cc(N2CCCNCC2)cnc1Br. The van der Waals surface area contributed by atoms with Crippen LogP contribution in [0.25, 0.3) is 0 Å². The fourth-order valence-electron chi connectivity index (χ4n) is 1.69. The van der Waals surface area contributed by atoms with E-state index in [1.54, 1.807) is 0 Å². The Morgan fingerprint density at radius 3 is 2.93 bits per heavy atom. The number of anilines is 1. The number of nitrogens with zero attached hydrogens (tertiary/aromatic N) is 2. The van der Waals surface area contributed by atoms with Gasteiger partial charge in [0.25, 0.3) is 0 Å². The molecule has 1 fully saturated rings. The average molecular weight is 335 g/mol. The number of hydrogen-bond donors (Lipinski definition) is 1. The van der Waals surface area contributed by atoms with Crippen molar-refractivity contribution in [1.29, 1.82) is 0 Å². The van der Waals surface area contributed by atoms with E-state index in [9.17, 15) is 0 Å². The second-order valence-electron chi connectivity index (χ2n) is 3.56. The summed E-state index contributed by atoms with van der Waals surface area (Å²) >= 11 is 6.86. The van der Waals surface area contributed by atoms with E-state index in [0.717, 1.165) is 35.3 Å². The number of nitrogens with one attached hydrogen (secondary N) is 1. The molecular formula is C10H13Br2N3. The van der Waals surface area contributed by atoms with E-state index in [1.807, 2.05) is 6.20 Å². The van der Waals surface area contributed by atoms with Gasteiger partial charge in [-0.05, 0) is 50.9 Å². The number of pyridine rings is 1. The first-order valence-electron chi connectivity index (χ1n) is 5.04. The zero-order valence-corrected chi connectivity index (χ0v) is 11.5. The van der Waals surface area contributed by atoms with E-state index in [4.69, 9.17) is 0 Å². The molecule has 1 saturated heterocycles. The van der Waals surface area contributed by atoms with Gasteiger partial charge in [-0.25, -0.2) is 4.98 Å². The van der Waals surface area contributed by atoms with Crippen LogP contribution in [0.3, 0.4) is 0 Å². The van der Waals surface area contributed by atoms with Crippen LogP contribution in [0.15, 0.2) is 21.3 Å². The van der Waals surface area contributed by atoms with Crippen molar-refractivity contribution in [2.24, 2.45) is 0 Å². The number of hydrogen-bond acceptors (Lipinski definition) is 3. The predicted octanol–water partition coefficient (Wildman–Crippen LogP) is 2.41. The van der Waals surface area contributed by atoms with Gasteiger partial charge < -0.3 is 10.2 Å². The van der Waals surface area contributed by atoms with Crippen LogP contribution in [-0.2, 0) is 0 Å². The van der Waals surface area contributed by atoms with E-state index in [0.29, 0.717) is 0 Å². The molecule has 1 aromatic rings. The highest BCUT2D eigenvalue weighted by Gasteiger charge is 2.10. The Bertz CT molecular complexity index is 335. The van der Waals surface area contributed by atoms with Crippen molar-refractivity contribution in [2.75, 3.05) is 31.1 Å². The summed E-state index contributed by atoms with van der Waals surface area (Å²) in [6.45, 7) is 4.31. The Morgan fingerprint density at radius 2 is 2.13 bits per heavy atom. The topological polar surface area (TPSA) is 28.2 Å². The van der Waals surface area contributed by atoms with Gasteiger partial charge >= 0.3 is 0 Å². The standard InChI is InChI=1S/C10H13Br2N3/c11-9-6-8(7-14-10(9)12)15-4-1-2-13-3-5-15/h6-7,13H,1-5H2. The van der Waals surface area contributed by atoms with Gasteiger partial charge in [0.05, 0.1) is 16.4 Å². The van der Waals surface area contributed by atoms with Gasteiger partial charge in [0.2, 0.25) is 0 Å². The molecule has 0 aliphatic carbocycles. The molecule has 0 unspecified atom stereocenters. The van der Waals surface area contributed by atoms with Crippen molar-refractivity contribution in [3.05, 3.63) is 21.3 Å². The molecule has 1 N–H and O–H groups in total. The van der Waals surface area contributed by atoms with Crippen LogP contribution in [-0.4, -0.2) is 31.2 Å². The van der Waals surface area contributed by atoms with E-state index in [-0.39, 0.29) is 0 Å². The van der Waals surface area contributed by atoms with Crippen LogP contribution in [0.5, 0.6) is 0 Å². The summed E-state index contributed by atoms with van der Waals surface area (Å²) in [4.78, 5) is 6.66. The molecule has 2 heterocycles. The van der Waals surface area contributed by atoms with E-state index >= 15 is 0 Å². The van der Waals surface area contributed by atoms with Gasteiger partial charge in [-0.2, -0.15) is 0 Å². The van der Waals surface area contributed by atoms with Gasteiger partial charge in [0.1, 0.15) is 4.60 Å². The lowest BCUT2D eigenvalue weighted by atomic mass is 10.3. The molecule has 0 aromatic carbocycles. The fraction of sp³-hybridized carbons (Fsp3) is 0.500. The molecule has 1 aliphatic heterocycles. The molecule has 15 heavy (non-hydrogen) atoms. The third-order valence-electron chi connectivity index (χ3n) is 2.49. The van der Waals surface area contributed by atoms with Gasteiger partial charge in [-0.15, -0.1) is 0 Å². The van der Waals surface area contributed by atoms with E-state index < -0.39 is 0 Å². The zero-order valence-electron chi connectivity index (χ0n) is 8.34. The van der Waals surface area contributed by atoms with Crippen molar-refractivity contribution in [1.82, 2.24) is 10.3 Å². The monoisotopic (exact) mass is 333 g/mol. The van der Waals surface area contributed by atoms with Crippen molar-refractivity contribution in [3.63, 3.8) is 0 Å².